The molecule has 0 amide bonds. The molecule has 1 N–H and O–H groups in total. The third-order valence-electron chi connectivity index (χ3n) is 2.45. The van der Waals surface area contributed by atoms with Gasteiger partial charge in [-0.15, -0.1) is 0 Å². The highest BCUT2D eigenvalue weighted by molar-refractivity contribution is 6.30. The molecule has 0 aliphatic heterocycles. The van der Waals surface area contributed by atoms with Crippen LogP contribution in [0.2, 0.25) is 5.02 Å². The number of hydrogen-bond donors (Lipinski definition) is 1. The lowest BCUT2D eigenvalue weighted by atomic mass is 10.1. The summed E-state index contributed by atoms with van der Waals surface area (Å²) in [6.45, 7) is 4.74. The van der Waals surface area contributed by atoms with E-state index in [1.807, 2.05) is 36.4 Å². The summed E-state index contributed by atoms with van der Waals surface area (Å²) in [6, 6.07) is 11.6. The topological polar surface area (TPSA) is 24.9 Å². The molecule has 0 unspecified atom stereocenters. The number of nitrogens with one attached hydrogen (secondary N) is 1. The standard InChI is InChI=1S/C14H13ClN2/c1-11(13-2-4-14(15)5-3-13)17-10-12-6-8-16-9-7-12/h2-9,17H,1,10H2. The maximum atomic E-state index is 5.83. The first-order chi connectivity index (χ1) is 8.25. The van der Waals surface area contributed by atoms with Crippen LogP contribution >= 0.6 is 11.6 Å². The summed E-state index contributed by atoms with van der Waals surface area (Å²) in [7, 11) is 0. The molecule has 0 fully saturated rings. The van der Waals surface area contributed by atoms with Crippen LogP contribution in [-0.2, 0) is 6.54 Å². The molecule has 86 valence electrons. The van der Waals surface area contributed by atoms with E-state index < -0.39 is 0 Å². The van der Waals surface area contributed by atoms with Gasteiger partial charge in [0.2, 0.25) is 0 Å². The van der Waals surface area contributed by atoms with Crippen molar-refractivity contribution in [3.63, 3.8) is 0 Å². The molecule has 0 atom stereocenters. The van der Waals surface area contributed by atoms with Gasteiger partial charge >= 0.3 is 0 Å². The van der Waals surface area contributed by atoms with E-state index in [0.717, 1.165) is 22.8 Å². The SMILES string of the molecule is C=C(NCc1ccncc1)c1ccc(Cl)cc1. The second-order valence-corrected chi connectivity index (χ2v) is 4.13. The summed E-state index contributed by atoms with van der Waals surface area (Å²) < 4.78 is 0. The second-order valence-electron chi connectivity index (χ2n) is 3.69. The highest BCUT2D eigenvalue weighted by atomic mass is 35.5. The van der Waals surface area contributed by atoms with E-state index in [9.17, 15) is 0 Å². The van der Waals surface area contributed by atoms with Crippen molar-refractivity contribution in [2.24, 2.45) is 0 Å². The molecule has 0 spiro atoms. The average molecular weight is 245 g/mol. The molecular formula is C14H13ClN2. The summed E-state index contributed by atoms with van der Waals surface area (Å²) in [5, 5.41) is 4.00. The lowest BCUT2D eigenvalue weighted by Crippen LogP contribution is -2.10. The van der Waals surface area contributed by atoms with Crippen molar-refractivity contribution in [1.29, 1.82) is 0 Å². The summed E-state index contributed by atoms with van der Waals surface area (Å²) in [4.78, 5) is 3.98. The van der Waals surface area contributed by atoms with Crippen molar-refractivity contribution < 1.29 is 0 Å². The summed E-state index contributed by atoms with van der Waals surface area (Å²) >= 11 is 5.83. The number of pyridine rings is 1. The average Bonchev–Trinajstić information content (AvgIpc) is 2.38. The molecule has 1 aromatic heterocycles. The minimum atomic E-state index is 0.732. The first-order valence-corrected chi connectivity index (χ1v) is 5.71. The van der Waals surface area contributed by atoms with Crippen LogP contribution in [-0.4, -0.2) is 4.98 Å². The van der Waals surface area contributed by atoms with Crippen LogP contribution in [0.25, 0.3) is 5.70 Å². The maximum absolute atomic E-state index is 5.83. The quantitative estimate of drug-likeness (QED) is 0.891. The van der Waals surface area contributed by atoms with Crippen molar-refractivity contribution in [3.05, 3.63) is 71.5 Å². The van der Waals surface area contributed by atoms with Gasteiger partial charge in [-0.3, -0.25) is 4.98 Å². The van der Waals surface area contributed by atoms with Crippen LogP contribution in [0.1, 0.15) is 11.1 Å². The number of halogens is 1. The van der Waals surface area contributed by atoms with Crippen LogP contribution < -0.4 is 5.32 Å². The van der Waals surface area contributed by atoms with Gasteiger partial charge in [0.05, 0.1) is 0 Å². The molecule has 0 aliphatic rings. The molecule has 0 aliphatic carbocycles. The molecule has 3 heteroatoms. The predicted molar refractivity (Wildman–Crippen MR) is 71.6 cm³/mol. The number of nitrogens with zero attached hydrogens (tertiary/aromatic N) is 1. The molecule has 0 radical (unpaired) electrons. The van der Waals surface area contributed by atoms with Gasteiger partial charge in [0.15, 0.2) is 0 Å². The molecule has 1 aromatic carbocycles. The number of benzene rings is 1. The van der Waals surface area contributed by atoms with E-state index in [0.29, 0.717) is 0 Å². The second kappa shape index (κ2) is 5.51. The first kappa shape index (κ1) is 11.7. The molecule has 0 bridgehead atoms. The van der Waals surface area contributed by atoms with Crippen LogP contribution in [0.4, 0.5) is 0 Å². The van der Waals surface area contributed by atoms with Gasteiger partial charge in [-0.05, 0) is 35.4 Å². The van der Waals surface area contributed by atoms with Gasteiger partial charge in [0.25, 0.3) is 0 Å². The minimum Gasteiger partial charge on any atom is -0.381 e. The third kappa shape index (κ3) is 3.33. The van der Waals surface area contributed by atoms with Gasteiger partial charge in [0.1, 0.15) is 0 Å². The van der Waals surface area contributed by atoms with Crippen LogP contribution in [0.15, 0.2) is 55.4 Å². The summed E-state index contributed by atoms with van der Waals surface area (Å²) in [5.74, 6) is 0. The van der Waals surface area contributed by atoms with Gasteiger partial charge in [-0.1, -0.05) is 30.3 Å². The maximum Gasteiger partial charge on any atom is 0.0406 e. The fourth-order valence-electron chi connectivity index (χ4n) is 1.46. The van der Waals surface area contributed by atoms with Crippen molar-refractivity contribution in [1.82, 2.24) is 10.3 Å². The molecule has 17 heavy (non-hydrogen) atoms. The van der Waals surface area contributed by atoms with E-state index in [4.69, 9.17) is 11.6 Å². The predicted octanol–water partition coefficient (Wildman–Crippen LogP) is 3.50. The first-order valence-electron chi connectivity index (χ1n) is 5.33. The monoisotopic (exact) mass is 244 g/mol. The largest absolute Gasteiger partial charge is 0.381 e. The smallest absolute Gasteiger partial charge is 0.0406 e. The molecule has 2 nitrogen and oxygen atoms in total. The Morgan fingerprint density at radius 3 is 2.41 bits per heavy atom. The Kier molecular flexibility index (Phi) is 3.78. The summed E-state index contributed by atoms with van der Waals surface area (Å²) in [5.41, 5.74) is 3.11. The number of rotatable bonds is 4. The van der Waals surface area contributed by atoms with E-state index in [2.05, 4.69) is 16.9 Å². The highest BCUT2D eigenvalue weighted by Gasteiger charge is 1.98. The molecule has 2 rings (SSSR count). The number of hydrogen-bond acceptors (Lipinski definition) is 2. The number of aromatic nitrogens is 1. The van der Waals surface area contributed by atoms with Crippen molar-refractivity contribution in [2.45, 2.75) is 6.54 Å². The van der Waals surface area contributed by atoms with Gasteiger partial charge in [-0.25, -0.2) is 0 Å². The van der Waals surface area contributed by atoms with Gasteiger partial charge < -0.3 is 5.32 Å². The zero-order valence-corrected chi connectivity index (χ0v) is 10.1. The van der Waals surface area contributed by atoms with Gasteiger partial charge in [-0.2, -0.15) is 0 Å². The third-order valence-corrected chi connectivity index (χ3v) is 2.70. The Balaban J connectivity index is 1.96. The molecule has 0 saturated heterocycles. The molecule has 0 saturated carbocycles. The van der Waals surface area contributed by atoms with Crippen molar-refractivity contribution in [3.8, 4) is 0 Å². The van der Waals surface area contributed by atoms with E-state index in [-0.39, 0.29) is 0 Å². The molecule has 2 aromatic rings. The van der Waals surface area contributed by atoms with Crippen LogP contribution in [0, 0.1) is 0 Å². The minimum absolute atomic E-state index is 0.732. The Morgan fingerprint density at radius 1 is 1.12 bits per heavy atom. The van der Waals surface area contributed by atoms with E-state index >= 15 is 0 Å². The zero-order chi connectivity index (χ0) is 12.1. The molecular weight excluding hydrogens is 232 g/mol. The normalized spacial score (nSPS) is 9.94. The lowest BCUT2D eigenvalue weighted by molar-refractivity contribution is 0.888. The zero-order valence-electron chi connectivity index (χ0n) is 9.36. The summed E-state index contributed by atoms with van der Waals surface area (Å²) in [6.07, 6.45) is 3.56. The fraction of sp³-hybridized carbons (Fsp3) is 0.0714. The highest BCUT2D eigenvalue weighted by Crippen LogP contribution is 2.14. The Hall–Kier alpha value is -1.80. The van der Waals surface area contributed by atoms with Gasteiger partial charge in [0, 0.05) is 29.7 Å². The van der Waals surface area contributed by atoms with Crippen molar-refractivity contribution >= 4 is 17.3 Å². The fourth-order valence-corrected chi connectivity index (χ4v) is 1.59. The Labute approximate surface area is 106 Å². The Bertz CT molecular complexity index is 491. The van der Waals surface area contributed by atoms with Crippen LogP contribution in [0.3, 0.4) is 0 Å². The Morgan fingerprint density at radius 2 is 1.76 bits per heavy atom. The van der Waals surface area contributed by atoms with E-state index in [1.54, 1.807) is 12.4 Å². The molecule has 1 heterocycles. The lowest BCUT2D eigenvalue weighted by Gasteiger charge is -2.09. The van der Waals surface area contributed by atoms with Crippen molar-refractivity contribution in [2.75, 3.05) is 0 Å². The van der Waals surface area contributed by atoms with Crippen LogP contribution in [0.5, 0.6) is 0 Å². The van der Waals surface area contributed by atoms with E-state index in [1.165, 1.54) is 5.56 Å².